The molecule has 0 saturated heterocycles. The molecule has 1 N–H and O–H groups in total. The second kappa shape index (κ2) is 6.83. The van der Waals surface area contributed by atoms with Crippen molar-refractivity contribution in [1.29, 1.82) is 0 Å². The van der Waals surface area contributed by atoms with Gasteiger partial charge in [0, 0.05) is 17.0 Å². The highest BCUT2D eigenvalue weighted by molar-refractivity contribution is 6.07. The molecule has 0 fully saturated rings. The van der Waals surface area contributed by atoms with Crippen molar-refractivity contribution in [3.05, 3.63) is 65.7 Å². The van der Waals surface area contributed by atoms with Crippen LogP contribution in [0, 0.1) is 0 Å². The van der Waals surface area contributed by atoms with Gasteiger partial charge in [-0.1, -0.05) is 49.4 Å². The number of carbonyl (C=O) groups is 1. The number of amides is 1. The average Bonchev–Trinajstić information content (AvgIpc) is 2.60. The predicted molar refractivity (Wildman–Crippen MR) is 99.2 cm³/mol. The Labute approximate surface area is 142 Å². The van der Waals surface area contributed by atoms with Crippen molar-refractivity contribution in [3.63, 3.8) is 0 Å². The summed E-state index contributed by atoms with van der Waals surface area (Å²) in [5, 5.41) is 3.86. The van der Waals surface area contributed by atoms with Crippen LogP contribution in [0.2, 0.25) is 0 Å². The first-order valence-electron chi connectivity index (χ1n) is 8.38. The monoisotopic (exact) mass is 318 g/mol. The molecule has 0 aliphatic rings. The molecule has 0 radical (unpaired) electrons. The third kappa shape index (κ3) is 3.30. The Morgan fingerprint density at radius 2 is 1.79 bits per heavy atom. The van der Waals surface area contributed by atoms with Gasteiger partial charge in [0.15, 0.2) is 0 Å². The van der Waals surface area contributed by atoms with Crippen LogP contribution in [-0.2, 0) is 6.42 Å². The Morgan fingerprint density at radius 1 is 1.08 bits per heavy atom. The minimum Gasteiger partial charge on any atom is -0.350 e. The van der Waals surface area contributed by atoms with E-state index in [0.717, 1.165) is 28.6 Å². The molecule has 0 bridgehead atoms. The molecular formula is C21H22N2O. The molecule has 0 saturated carbocycles. The number of benzene rings is 2. The maximum Gasteiger partial charge on any atom is 0.252 e. The number of fused-ring (bicyclic) bond motifs is 1. The van der Waals surface area contributed by atoms with Gasteiger partial charge in [-0.2, -0.15) is 0 Å². The molecule has 3 aromatic rings. The summed E-state index contributed by atoms with van der Waals surface area (Å²) in [6.45, 7) is 6.06. The van der Waals surface area contributed by atoms with Crippen molar-refractivity contribution in [2.24, 2.45) is 0 Å². The highest BCUT2D eigenvalue weighted by Crippen LogP contribution is 2.25. The number of nitrogens with one attached hydrogen (secondary N) is 1. The van der Waals surface area contributed by atoms with E-state index in [1.807, 2.05) is 44.2 Å². The van der Waals surface area contributed by atoms with Crippen LogP contribution in [0.25, 0.3) is 22.2 Å². The van der Waals surface area contributed by atoms with E-state index < -0.39 is 0 Å². The van der Waals surface area contributed by atoms with E-state index >= 15 is 0 Å². The van der Waals surface area contributed by atoms with Crippen molar-refractivity contribution in [2.75, 3.05) is 0 Å². The topological polar surface area (TPSA) is 42.0 Å². The first kappa shape index (κ1) is 16.2. The second-order valence-corrected chi connectivity index (χ2v) is 6.25. The Bertz CT molecular complexity index is 867. The number of hydrogen-bond acceptors (Lipinski definition) is 2. The van der Waals surface area contributed by atoms with Crippen molar-refractivity contribution >= 4 is 16.8 Å². The minimum atomic E-state index is -0.0602. The molecule has 2 aromatic carbocycles. The van der Waals surface area contributed by atoms with E-state index in [0.29, 0.717) is 5.56 Å². The zero-order valence-corrected chi connectivity index (χ0v) is 14.3. The van der Waals surface area contributed by atoms with Crippen LogP contribution < -0.4 is 5.32 Å². The summed E-state index contributed by atoms with van der Waals surface area (Å²) in [5.41, 5.74) is 4.64. The fourth-order valence-electron chi connectivity index (χ4n) is 2.76. The minimum absolute atomic E-state index is 0.0602. The third-order valence-electron chi connectivity index (χ3n) is 4.04. The summed E-state index contributed by atoms with van der Waals surface area (Å²) >= 11 is 0. The van der Waals surface area contributed by atoms with Crippen LogP contribution in [-0.4, -0.2) is 16.9 Å². The van der Waals surface area contributed by atoms with Gasteiger partial charge in [-0.15, -0.1) is 0 Å². The van der Waals surface area contributed by atoms with Gasteiger partial charge in [-0.3, -0.25) is 4.79 Å². The maximum atomic E-state index is 12.6. The fraction of sp³-hybridized carbons (Fsp3) is 0.238. The molecule has 3 rings (SSSR count). The number of rotatable bonds is 4. The lowest BCUT2D eigenvalue weighted by atomic mass is 10.0. The number of carbonyl (C=O) groups excluding carboxylic acids is 1. The number of hydrogen-bond donors (Lipinski definition) is 1. The summed E-state index contributed by atoms with van der Waals surface area (Å²) in [4.78, 5) is 17.4. The van der Waals surface area contributed by atoms with Crippen molar-refractivity contribution in [1.82, 2.24) is 10.3 Å². The highest BCUT2D eigenvalue weighted by atomic mass is 16.1. The van der Waals surface area contributed by atoms with Crippen LogP contribution in [0.3, 0.4) is 0 Å². The van der Waals surface area contributed by atoms with Gasteiger partial charge in [-0.05, 0) is 38.0 Å². The maximum absolute atomic E-state index is 12.6. The van der Waals surface area contributed by atoms with E-state index in [1.54, 1.807) is 0 Å². The van der Waals surface area contributed by atoms with E-state index in [-0.39, 0.29) is 11.9 Å². The Balaban J connectivity index is 2.13. The summed E-state index contributed by atoms with van der Waals surface area (Å²) in [6.07, 6.45) is 1.01. The lowest BCUT2D eigenvalue weighted by Gasteiger charge is -2.12. The quantitative estimate of drug-likeness (QED) is 0.763. The highest BCUT2D eigenvalue weighted by Gasteiger charge is 2.14. The second-order valence-electron chi connectivity index (χ2n) is 6.25. The number of nitrogens with zero attached hydrogens (tertiary/aromatic N) is 1. The van der Waals surface area contributed by atoms with Crippen LogP contribution >= 0.6 is 0 Å². The summed E-state index contributed by atoms with van der Waals surface area (Å²) in [6, 6.07) is 18.1. The molecule has 0 aliphatic carbocycles. The zero-order chi connectivity index (χ0) is 17.1. The van der Waals surface area contributed by atoms with Crippen molar-refractivity contribution < 1.29 is 4.79 Å². The molecule has 122 valence electrons. The molecule has 3 heteroatoms. The van der Waals surface area contributed by atoms with E-state index in [9.17, 15) is 4.79 Å². The average molecular weight is 318 g/mol. The van der Waals surface area contributed by atoms with Crippen molar-refractivity contribution in [2.45, 2.75) is 33.2 Å². The normalized spacial score (nSPS) is 11.0. The molecule has 1 amide bonds. The van der Waals surface area contributed by atoms with E-state index in [2.05, 4.69) is 36.5 Å². The van der Waals surface area contributed by atoms with Gasteiger partial charge >= 0.3 is 0 Å². The van der Waals surface area contributed by atoms with E-state index in [1.165, 1.54) is 5.56 Å². The summed E-state index contributed by atoms with van der Waals surface area (Å²) in [7, 11) is 0. The Morgan fingerprint density at radius 3 is 2.46 bits per heavy atom. The summed E-state index contributed by atoms with van der Waals surface area (Å²) in [5.74, 6) is -0.0602. The van der Waals surface area contributed by atoms with Crippen LogP contribution in [0.1, 0.15) is 36.7 Å². The molecule has 0 aliphatic heterocycles. The first-order chi connectivity index (χ1) is 11.6. The molecule has 3 nitrogen and oxygen atoms in total. The number of aromatic nitrogens is 1. The van der Waals surface area contributed by atoms with Gasteiger partial charge in [0.05, 0.1) is 16.8 Å². The standard InChI is InChI=1S/C21H22N2O/c1-4-15-9-11-16(12-10-15)20-13-18(21(24)22-14(2)3)17-7-5-6-8-19(17)23-20/h5-14H,4H2,1-3H3,(H,22,24). The van der Waals surface area contributed by atoms with Gasteiger partial charge in [0.1, 0.15) is 0 Å². The van der Waals surface area contributed by atoms with Crippen molar-refractivity contribution in [3.8, 4) is 11.3 Å². The number of pyridine rings is 1. The van der Waals surface area contributed by atoms with Gasteiger partial charge in [-0.25, -0.2) is 4.98 Å². The van der Waals surface area contributed by atoms with Crippen LogP contribution in [0.5, 0.6) is 0 Å². The largest absolute Gasteiger partial charge is 0.350 e. The predicted octanol–water partition coefficient (Wildman–Crippen LogP) is 4.60. The smallest absolute Gasteiger partial charge is 0.252 e. The molecule has 0 spiro atoms. The molecular weight excluding hydrogens is 296 g/mol. The van der Waals surface area contributed by atoms with Gasteiger partial charge < -0.3 is 5.32 Å². The first-order valence-corrected chi connectivity index (χ1v) is 8.38. The molecule has 0 atom stereocenters. The molecule has 1 aromatic heterocycles. The summed E-state index contributed by atoms with van der Waals surface area (Å²) < 4.78 is 0. The Hall–Kier alpha value is -2.68. The third-order valence-corrected chi connectivity index (χ3v) is 4.04. The number of aryl methyl sites for hydroxylation is 1. The van der Waals surface area contributed by atoms with Crippen LogP contribution in [0.4, 0.5) is 0 Å². The lowest BCUT2D eigenvalue weighted by Crippen LogP contribution is -2.30. The molecule has 1 heterocycles. The van der Waals surface area contributed by atoms with Gasteiger partial charge in [0.2, 0.25) is 0 Å². The SMILES string of the molecule is CCc1ccc(-c2cc(C(=O)NC(C)C)c3ccccc3n2)cc1. The zero-order valence-electron chi connectivity index (χ0n) is 14.3. The number of para-hydroxylation sites is 1. The molecule has 24 heavy (non-hydrogen) atoms. The Kier molecular flexibility index (Phi) is 4.61. The van der Waals surface area contributed by atoms with E-state index in [4.69, 9.17) is 4.98 Å². The van der Waals surface area contributed by atoms with Crippen LogP contribution in [0.15, 0.2) is 54.6 Å². The fourth-order valence-corrected chi connectivity index (χ4v) is 2.76. The van der Waals surface area contributed by atoms with Gasteiger partial charge in [0.25, 0.3) is 5.91 Å². The lowest BCUT2D eigenvalue weighted by molar-refractivity contribution is 0.0945. The molecule has 0 unspecified atom stereocenters.